The molecule has 136 valence electrons. The lowest BCUT2D eigenvalue weighted by Crippen LogP contribution is -2.42. The van der Waals surface area contributed by atoms with Crippen LogP contribution in [0.4, 0.5) is 0 Å². The van der Waals surface area contributed by atoms with Crippen LogP contribution in [0.2, 0.25) is 0 Å². The highest BCUT2D eigenvalue weighted by molar-refractivity contribution is 7.16. The summed E-state index contributed by atoms with van der Waals surface area (Å²) in [5.41, 5.74) is 1.31. The number of piperidine rings is 1. The lowest BCUT2D eigenvalue weighted by Gasteiger charge is -2.33. The Morgan fingerprint density at radius 3 is 3.04 bits per heavy atom. The van der Waals surface area contributed by atoms with Crippen LogP contribution in [0.3, 0.4) is 0 Å². The molecule has 0 radical (unpaired) electrons. The average molecular weight is 363 g/mol. The van der Waals surface area contributed by atoms with Crippen LogP contribution in [0.1, 0.15) is 30.0 Å². The number of likely N-dealkylation sites (tertiary alicyclic amines) is 1. The summed E-state index contributed by atoms with van der Waals surface area (Å²) in [5.74, 6) is 0.160. The number of fused-ring (bicyclic) bond motifs is 1. The molecular weight excluding hydrogens is 336 g/mol. The van der Waals surface area contributed by atoms with Gasteiger partial charge in [0.05, 0.1) is 17.9 Å². The molecule has 2 aliphatic rings. The molecule has 8 heteroatoms. The SMILES string of the molecule is Cc1nn2cc(CCNC(=O)[C@H]3CC4(CCNCC4)CN3C)nc2s1. The Hall–Kier alpha value is -1.51. The third-order valence-corrected chi connectivity index (χ3v) is 6.42. The first kappa shape index (κ1) is 16.9. The molecule has 1 spiro atoms. The van der Waals surface area contributed by atoms with Crippen molar-refractivity contribution >= 4 is 22.2 Å². The number of rotatable bonds is 4. The van der Waals surface area contributed by atoms with Gasteiger partial charge in [0.25, 0.3) is 0 Å². The van der Waals surface area contributed by atoms with E-state index in [0.717, 1.165) is 48.1 Å². The summed E-state index contributed by atoms with van der Waals surface area (Å²) < 4.78 is 1.82. The quantitative estimate of drug-likeness (QED) is 0.843. The fourth-order valence-corrected chi connectivity index (χ4v) is 5.02. The van der Waals surface area contributed by atoms with Crippen molar-refractivity contribution in [1.82, 2.24) is 30.1 Å². The Morgan fingerprint density at radius 2 is 2.28 bits per heavy atom. The molecule has 2 saturated heterocycles. The normalized spacial score (nSPS) is 23.5. The summed E-state index contributed by atoms with van der Waals surface area (Å²) >= 11 is 1.59. The first-order valence-corrected chi connectivity index (χ1v) is 9.87. The highest BCUT2D eigenvalue weighted by Crippen LogP contribution is 2.41. The zero-order valence-electron chi connectivity index (χ0n) is 14.9. The number of aromatic nitrogens is 3. The predicted molar refractivity (Wildman–Crippen MR) is 97.9 cm³/mol. The van der Waals surface area contributed by atoms with Gasteiger partial charge in [0.2, 0.25) is 10.9 Å². The van der Waals surface area contributed by atoms with Gasteiger partial charge >= 0.3 is 0 Å². The number of aryl methyl sites for hydroxylation is 1. The molecule has 7 nitrogen and oxygen atoms in total. The monoisotopic (exact) mass is 362 g/mol. The molecule has 2 aromatic rings. The van der Waals surface area contributed by atoms with Gasteiger partial charge in [-0.25, -0.2) is 9.50 Å². The number of carbonyl (C=O) groups excluding carboxylic acids is 1. The number of imidazole rings is 1. The molecule has 0 aliphatic carbocycles. The van der Waals surface area contributed by atoms with Gasteiger partial charge in [-0.3, -0.25) is 9.69 Å². The molecule has 0 bridgehead atoms. The zero-order valence-corrected chi connectivity index (χ0v) is 15.7. The van der Waals surface area contributed by atoms with Crippen molar-refractivity contribution in [1.29, 1.82) is 0 Å². The van der Waals surface area contributed by atoms with E-state index in [1.54, 1.807) is 11.3 Å². The van der Waals surface area contributed by atoms with E-state index in [-0.39, 0.29) is 11.9 Å². The lowest BCUT2D eigenvalue weighted by atomic mass is 9.77. The van der Waals surface area contributed by atoms with E-state index in [1.165, 1.54) is 12.8 Å². The van der Waals surface area contributed by atoms with Crippen molar-refractivity contribution in [3.63, 3.8) is 0 Å². The molecule has 2 fully saturated rings. The van der Waals surface area contributed by atoms with Crippen LogP contribution >= 0.6 is 11.3 Å². The van der Waals surface area contributed by atoms with E-state index in [9.17, 15) is 4.79 Å². The molecule has 0 unspecified atom stereocenters. The Labute approximate surface area is 151 Å². The van der Waals surface area contributed by atoms with Crippen LogP contribution in [0.25, 0.3) is 4.96 Å². The Kier molecular flexibility index (Phi) is 4.51. The minimum atomic E-state index is 0.00732. The fourth-order valence-electron chi connectivity index (χ4n) is 4.28. The van der Waals surface area contributed by atoms with E-state index in [0.29, 0.717) is 12.0 Å². The zero-order chi connectivity index (χ0) is 17.4. The second-order valence-corrected chi connectivity index (χ2v) is 8.67. The van der Waals surface area contributed by atoms with Gasteiger partial charge in [-0.05, 0) is 51.7 Å². The maximum absolute atomic E-state index is 12.6. The summed E-state index contributed by atoms with van der Waals surface area (Å²) in [6.45, 7) is 5.80. The van der Waals surface area contributed by atoms with Crippen molar-refractivity contribution in [2.75, 3.05) is 33.2 Å². The van der Waals surface area contributed by atoms with Gasteiger partial charge in [0.15, 0.2) is 0 Å². The molecule has 1 amide bonds. The number of carbonyl (C=O) groups is 1. The van der Waals surface area contributed by atoms with Gasteiger partial charge in [-0.15, -0.1) is 0 Å². The molecule has 1 atom stereocenters. The molecule has 4 heterocycles. The van der Waals surface area contributed by atoms with Crippen LogP contribution < -0.4 is 10.6 Å². The van der Waals surface area contributed by atoms with Gasteiger partial charge in [0, 0.05) is 19.5 Å². The highest BCUT2D eigenvalue weighted by atomic mass is 32.1. The maximum atomic E-state index is 12.6. The van der Waals surface area contributed by atoms with Crippen LogP contribution in [0, 0.1) is 12.3 Å². The molecule has 0 aromatic carbocycles. The summed E-state index contributed by atoms with van der Waals surface area (Å²) in [6, 6.07) is 0.00732. The minimum absolute atomic E-state index is 0.00732. The second-order valence-electron chi connectivity index (χ2n) is 7.51. The van der Waals surface area contributed by atoms with Crippen molar-refractivity contribution < 1.29 is 4.79 Å². The Balaban J connectivity index is 1.30. The van der Waals surface area contributed by atoms with Gasteiger partial charge in [-0.1, -0.05) is 11.3 Å². The predicted octanol–water partition coefficient (Wildman–Crippen LogP) is 0.832. The summed E-state index contributed by atoms with van der Waals surface area (Å²) in [7, 11) is 2.08. The van der Waals surface area contributed by atoms with E-state index in [4.69, 9.17) is 0 Å². The third-order valence-electron chi connectivity index (χ3n) is 5.58. The third kappa shape index (κ3) is 3.43. The van der Waals surface area contributed by atoms with Crippen molar-refractivity contribution in [2.24, 2.45) is 5.41 Å². The van der Waals surface area contributed by atoms with E-state index >= 15 is 0 Å². The highest BCUT2D eigenvalue weighted by Gasteiger charge is 2.45. The smallest absolute Gasteiger partial charge is 0.237 e. The van der Waals surface area contributed by atoms with Crippen LogP contribution in [-0.2, 0) is 11.2 Å². The van der Waals surface area contributed by atoms with Crippen molar-refractivity contribution in [3.8, 4) is 0 Å². The molecular formula is C17H26N6OS. The lowest BCUT2D eigenvalue weighted by molar-refractivity contribution is -0.125. The number of hydrogen-bond donors (Lipinski definition) is 2. The number of likely N-dealkylation sites (N-methyl/N-ethyl adjacent to an activating group) is 1. The summed E-state index contributed by atoms with van der Waals surface area (Å²) in [6.07, 6.45) is 6.04. The molecule has 25 heavy (non-hydrogen) atoms. The minimum Gasteiger partial charge on any atom is -0.354 e. The van der Waals surface area contributed by atoms with Crippen molar-refractivity contribution in [2.45, 2.75) is 38.6 Å². The first-order chi connectivity index (χ1) is 12.0. The van der Waals surface area contributed by atoms with Gasteiger partial charge in [0.1, 0.15) is 5.01 Å². The molecule has 2 aromatic heterocycles. The standard InChI is InChI=1S/C17H26N6OS/c1-12-21-23-10-13(20-16(23)25-12)3-6-19-15(24)14-9-17(11-22(14)2)4-7-18-8-5-17/h10,14,18H,3-9,11H2,1-2H3,(H,19,24)/t14-/m1/s1. The van der Waals surface area contributed by atoms with Crippen LogP contribution in [0.5, 0.6) is 0 Å². The molecule has 2 N–H and O–H groups in total. The number of nitrogens with one attached hydrogen (secondary N) is 2. The van der Waals surface area contributed by atoms with Gasteiger partial charge < -0.3 is 10.6 Å². The average Bonchev–Trinajstić information content (AvgIpc) is 3.19. The van der Waals surface area contributed by atoms with E-state index < -0.39 is 0 Å². The van der Waals surface area contributed by atoms with Crippen LogP contribution in [-0.4, -0.2) is 64.7 Å². The topological polar surface area (TPSA) is 74.6 Å². The summed E-state index contributed by atoms with van der Waals surface area (Å²) in [4.78, 5) is 20.4. The summed E-state index contributed by atoms with van der Waals surface area (Å²) in [5, 5.41) is 11.9. The fraction of sp³-hybridized carbons (Fsp3) is 0.706. The molecule has 0 saturated carbocycles. The van der Waals surface area contributed by atoms with Gasteiger partial charge in [-0.2, -0.15) is 5.10 Å². The molecule has 2 aliphatic heterocycles. The number of amides is 1. The Bertz CT molecular complexity index is 731. The number of hydrogen-bond acceptors (Lipinski definition) is 6. The van der Waals surface area contributed by atoms with E-state index in [2.05, 4.69) is 32.7 Å². The molecule has 4 rings (SSSR count). The number of nitrogens with zero attached hydrogens (tertiary/aromatic N) is 4. The largest absolute Gasteiger partial charge is 0.354 e. The van der Waals surface area contributed by atoms with Crippen LogP contribution in [0.15, 0.2) is 6.20 Å². The first-order valence-electron chi connectivity index (χ1n) is 9.05. The van der Waals surface area contributed by atoms with E-state index in [1.807, 2.05) is 17.6 Å². The second kappa shape index (κ2) is 6.66. The van der Waals surface area contributed by atoms with Crippen molar-refractivity contribution in [3.05, 3.63) is 16.9 Å². The Morgan fingerprint density at radius 1 is 1.48 bits per heavy atom. The maximum Gasteiger partial charge on any atom is 0.237 e.